The third kappa shape index (κ3) is 6.59. The molecule has 0 aliphatic carbocycles. The minimum absolute atomic E-state index is 0.0350. The minimum atomic E-state index is -1.75. The molecular formula is C30H35NO5. The Hall–Kier alpha value is -3.03. The fraction of sp³-hybridized carbons (Fsp3) is 0.367. The molecule has 0 bridgehead atoms. The largest absolute Gasteiger partial charge is 0.374 e. The van der Waals surface area contributed by atoms with Crippen LogP contribution < -0.4 is 0 Å². The molecule has 4 rings (SSSR count). The fourth-order valence-electron chi connectivity index (χ4n) is 4.54. The number of piperidine rings is 1. The number of carbonyl (C=O) groups is 1. The Bertz CT molecular complexity index is 1060. The van der Waals surface area contributed by atoms with Crippen LogP contribution in [0.15, 0.2) is 91.0 Å². The quantitative estimate of drug-likeness (QED) is 0.374. The van der Waals surface area contributed by atoms with Gasteiger partial charge in [0.05, 0.1) is 32.8 Å². The van der Waals surface area contributed by atoms with Crippen LogP contribution in [0, 0.1) is 0 Å². The number of hydrogen-bond acceptors (Lipinski definition) is 5. The predicted molar refractivity (Wildman–Crippen MR) is 138 cm³/mol. The molecule has 3 aromatic carbocycles. The molecule has 3 atom stereocenters. The van der Waals surface area contributed by atoms with Gasteiger partial charge >= 0.3 is 0 Å². The third-order valence-electron chi connectivity index (χ3n) is 6.45. The van der Waals surface area contributed by atoms with Crippen molar-refractivity contribution in [1.82, 2.24) is 4.90 Å². The summed E-state index contributed by atoms with van der Waals surface area (Å²) in [4.78, 5) is 14.9. The molecule has 1 amide bonds. The van der Waals surface area contributed by atoms with Gasteiger partial charge in [-0.3, -0.25) is 4.79 Å². The molecular weight excluding hydrogens is 454 g/mol. The van der Waals surface area contributed by atoms with E-state index in [9.17, 15) is 9.90 Å². The molecule has 0 aromatic heterocycles. The zero-order chi connectivity index (χ0) is 25.2. The maximum absolute atomic E-state index is 13.2. The van der Waals surface area contributed by atoms with E-state index in [0.717, 1.165) is 23.1 Å². The van der Waals surface area contributed by atoms with E-state index in [2.05, 4.69) is 0 Å². The molecule has 1 aliphatic heterocycles. The second kappa shape index (κ2) is 12.8. The van der Waals surface area contributed by atoms with E-state index in [0.29, 0.717) is 13.2 Å². The Morgan fingerprint density at radius 2 is 1.36 bits per heavy atom. The van der Waals surface area contributed by atoms with Gasteiger partial charge in [0.2, 0.25) is 11.7 Å². The lowest BCUT2D eigenvalue weighted by Crippen LogP contribution is -2.68. The summed E-state index contributed by atoms with van der Waals surface area (Å²) in [6, 6.07) is 28.5. The molecule has 1 aliphatic rings. The van der Waals surface area contributed by atoms with Crippen molar-refractivity contribution in [2.45, 2.75) is 57.5 Å². The first-order valence-corrected chi connectivity index (χ1v) is 12.6. The molecule has 1 N–H and O–H groups in total. The Labute approximate surface area is 213 Å². The van der Waals surface area contributed by atoms with Gasteiger partial charge in [-0.25, -0.2) is 0 Å². The summed E-state index contributed by atoms with van der Waals surface area (Å²) in [6.45, 7) is 3.46. The number of hydrogen-bond donors (Lipinski definition) is 1. The summed E-state index contributed by atoms with van der Waals surface area (Å²) >= 11 is 0. The highest BCUT2D eigenvalue weighted by Gasteiger charge is 2.55. The Morgan fingerprint density at radius 1 is 0.833 bits per heavy atom. The van der Waals surface area contributed by atoms with E-state index in [1.807, 2.05) is 97.9 Å². The van der Waals surface area contributed by atoms with E-state index in [1.165, 1.54) is 0 Å². The van der Waals surface area contributed by atoms with Crippen molar-refractivity contribution in [3.05, 3.63) is 108 Å². The molecule has 1 saturated heterocycles. The molecule has 0 spiro atoms. The van der Waals surface area contributed by atoms with Crippen LogP contribution in [0.2, 0.25) is 0 Å². The number of amides is 1. The van der Waals surface area contributed by atoms with Crippen molar-refractivity contribution in [3.63, 3.8) is 0 Å². The zero-order valence-electron chi connectivity index (χ0n) is 20.8. The number of carbonyl (C=O) groups excluding carboxylic acids is 1. The molecule has 0 radical (unpaired) electrons. The standard InChI is InChI=1S/C30H35NO5/c1-2-18-31-27(23-34-20-24-12-6-3-7-13-24)30(33,36-22-26-16-10-5-11-17-26)28(19-29(31)32)35-21-25-14-8-4-9-15-25/h3-17,27-28,33H,2,18-23H2,1H3. The van der Waals surface area contributed by atoms with Crippen LogP contribution in [-0.2, 0) is 38.8 Å². The van der Waals surface area contributed by atoms with Gasteiger partial charge in [-0.05, 0) is 23.1 Å². The molecule has 1 heterocycles. The van der Waals surface area contributed by atoms with Crippen LogP contribution in [0.4, 0.5) is 0 Å². The van der Waals surface area contributed by atoms with Crippen LogP contribution in [0.25, 0.3) is 0 Å². The molecule has 3 unspecified atom stereocenters. The van der Waals surface area contributed by atoms with Crippen LogP contribution in [0.3, 0.4) is 0 Å². The molecule has 0 saturated carbocycles. The van der Waals surface area contributed by atoms with Gasteiger partial charge in [0.25, 0.3) is 0 Å². The van der Waals surface area contributed by atoms with Crippen molar-refractivity contribution in [2.24, 2.45) is 0 Å². The summed E-state index contributed by atoms with van der Waals surface area (Å²) in [5.41, 5.74) is 2.91. The van der Waals surface area contributed by atoms with Gasteiger partial charge in [-0.1, -0.05) is 97.9 Å². The Kier molecular flexibility index (Phi) is 9.25. The van der Waals surface area contributed by atoms with Crippen LogP contribution in [0.5, 0.6) is 0 Å². The van der Waals surface area contributed by atoms with E-state index in [-0.39, 0.29) is 32.1 Å². The lowest BCUT2D eigenvalue weighted by Gasteiger charge is -2.49. The normalized spacial score (nSPS) is 22.1. The van der Waals surface area contributed by atoms with Crippen LogP contribution in [0.1, 0.15) is 36.5 Å². The van der Waals surface area contributed by atoms with E-state index >= 15 is 0 Å². The van der Waals surface area contributed by atoms with Crippen LogP contribution in [-0.4, -0.2) is 47.0 Å². The molecule has 36 heavy (non-hydrogen) atoms. The average molecular weight is 490 g/mol. The number of rotatable bonds is 12. The topological polar surface area (TPSA) is 68.2 Å². The molecule has 6 nitrogen and oxygen atoms in total. The first-order valence-electron chi connectivity index (χ1n) is 12.6. The summed E-state index contributed by atoms with van der Waals surface area (Å²) < 4.78 is 18.5. The summed E-state index contributed by atoms with van der Waals surface area (Å²) in [5, 5.41) is 12.1. The second-order valence-electron chi connectivity index (χ2n) is 9.12. The number of likely N-dealkylation sites (tertiary alicyclic amines) is 1. The number of benzene rings is 3. The highest BCUT2D eigenvalue weighted by atomic mass is 16.7. The molecule has 6 heteroatoms. The lowest BCUT2D eigenvalue weighted by atomic mass is 9.90. The molecule has 1 fully saturated rings. The maximum Gasteiger partial charge on any atom is 0.225 e. The number of aliphatic hydroxyl groups is 1. The smallest absolute Gasteiger partial charge is 0.225 e. The first-order chi connectivity index (χ1) is 17.6. The van der Waals surface area contributed by atoms with Gasteiger partial charge in [-0.15, -0.1) is 0 Å². The zero-order valence-corrected chi connectivity index (χ0v) is 20.8. The summed E-state index contributed by atoms with van der Waals surface area (Å²) in [6.07, 6.45) is -0.0502. The van der Waals surface area contributed by atoms with Crippen molar-refractivity contribution < 1.29 is 24.1 Å². The van der Waals surface area contributed by atoms with Crippen molar-refractivity contribution in [1.29, 1.82) is 0 Å². The second-order valence-corrected chi connectivity index (χ2v) is 9.12. The minimum Gasteiger partial charge on any atom is -0.374 e. The first kappa shape index (κ1) is 26.0. The van der Waals surface area contributed by atoms with E-state index in [4.69, 9.17) is 14.2 Å². The van der Waals surface area contributed by atoms with Gasteiger partial charge in [-0.2, -0.15) is 0 Å². The number of nitrogens with zero attached hydrogens (tertiary/aromatic N) is 1. The molecule has 190 valence electrons. The lowest BCUT2D eigenvalue weighted by molar-refractivity contribution is -0.317. The Balaban J connectivity index is 1.57. The molecule has 3 aromatic rings. The SMILES string of the molecule is CCCN1C(=O)CC(OCc2ccccc2)C(O)(OCc2ccccc2)C1COCc1ccccc1. The van der Waals surface area contributed by atoms with E-state index in [1.54, 1.807) is 4.90 Å². The maximum atomic E-state index is 13.2. The third-order valence-corrected chi connectivity index (χ3v) is 6.45. The van der Waals surface area contributed by atoms with Gasteiger partial charge in [0.15, 0.2) is 0 Å². The van der Waals surface area contributed by atoms with Gasteiger partial charge in [0, 0.05) is 6.54 Å². The average Bonchev–Trinajstić information content (AvgIpc) is 2.92. The van der Waals surface area contributed by atoms with Crippen LogP contribution >= 0.6 is 0 Å². The van der Waals surface area contributed by atoms with Crippen molar-refractivity contribution in [3.8, 4) is 0 Å². The van der Waals surface area contributed by atoms with Crippen molar-refractivity contribution in [2.75, 3.05) is 13.2 Å². The monoisotopic (exact) mass is 489 g/mol. The van der Waals surface area contributed by atoms with Crippen molar-refractivity contribution >= 4 is 5.91 Å². The highest BCUT2D eigenvalue weighted by molar-refractivity contribution is 5.78. The van der Waals surface area contributed by atoms with E-state index < -0.39 is 17.9 Å². The highest BCUT2D eigenvalue weighted by Crippen LogP contribution is 2.34. The Morgan fingerprint density at radius 3 is 1.92 bits per heavy atom. The number of ether oxygens (including phenoxy) is 3. The van der Waals surface area contributed by atoms with Gasteiger partial charge in [0.1, 0.15) is 12.1 Å². The summed E-state index contributed by atoms with van der Waals surface area (Å²) in [7, 11) is 0. The summed E-state index contributed by atoms with van der Waals surface area (Å²) in [5.74, 6) is -1.82. The predicted octanol–water partition coefficient (Wildman–Crippen LogP) is 4.70. The van der Waals surface area contributed by atoms with Gasteiger partial charge < -0.3 is 24.2 Å². The fourth-order valence-corrected chi connectivity index (χ4v) is 4.54.